The molecule has 2 aliphatic rings. The first-order valence-corrected chi connectivity index (χ1v) is 10.5. The highest BCUT2D eigenvalue weighted by molar-refractivity contribution is 6.05. The number of carbonyl (C=O) groups excluding carboxylic acids is 3. The minimum Gasteiger partial charge on any atom is -0.477 e. The van der Waals surface area contributed by atoms with E-state index < -0.39 is 61.1 Å². The molecule has 0 bridgehead atoms. The van der Waals surface area contributed by atoms with Crippen LogP contribution in [0, 0.1) is 17.1 Å². The zero-order valence-corrected chi connectivity index (χ0v) is 18.1. The van der Waals surface area contributed by atoms with Gasteiger partial charge in [0, 0.05) is 18.7 Å². The lowest BCUT2D eigenvalue weighted by molar-refractivity contribution is -0.131. The molecule has 1 aromatic heterocycles. The summed E-state index contributed by atoms with van der Waals surface area (Å²) in [7, 11) is 0. The number of amides is 3. The summed E-state index contributed by atoms with van der Waals surface area (Å²) in [6.07, 6.45) is 0.760. The van der Waals surface area contributed by atoms with Crippen LogP contribution in [0.5, 0.6) is 5.75 Å². The van der Waals surface area contributed by atoms with Crippen molar-refractivity contribution in [1.82, 2.24) is 15.2 Å². The molecule has 0 saturated carbocycles. The normalized spacial score (nSPS) is 20.0. The topological polar surface area (TPSA) is 136 Å². The third kappa shape index (κ3) is 5.26. The predicted octanol–water partition coefficient (Wildman–Crippen LogP) is 1.52. The fourth-order valence-corrected chi connectivity index (χ4v) is 3.74. The summed E-state index contributed by atoms with van der Waals surface area (Å²) in [4.78, 5) is 42.3. The van der Waals surface area contributed by atoms with Crippen LogP contribution in [0.4, 0.5) is 24.5 Å². The zero-order valence-electron chi connectivity index (χ0n) is 18.1. The molecule has 3 amide bonds. The van der Waals surface area contributed by atoms with Crippen LogP contribution in [-0.2, 0) is 9.59 Å². The Morgan fingerprint density at radius 2 is 2.11 bits per heavy atom. The van der Waals surface area contributed by atoms with Gasteiger partial charge in [-0.3, -0.25) is 19.4 Å². The number of benzene rings is 1. The molecule has 13 heteroatoms. The van der Waals surface area contributed by atoms with Gasteiger partial charge in [0.15, 0.2) is 6.10 Å². The van der Waals surface area contributed by atoms with E-state index in [0.29, 0.717) is 5.69 Å². The van der Waals surface area contributed by atoms with Crippen molar-refractivity contribution in [1.29, 1.82) is 5.26 Å². The summed E-state index contributed by atoms with van der Waals surface area (Å²) < 4.78 is 46.1. The number of nitrogens with zero attached hydrogens (tertiary/aromatic N) is 3. The molecule has 0 aliphatic carbocycles. The SMILES string of the molecule is N#C[C@@H]1CC(F)(F)CN1C(=O)CNC(=O)c1ccncc1NC(=O)C1CNc2cc(F)ccc2O1. The van der Waals surface area contributed by atoms with Crippen LogP contribution in [0.25, 0.3) is 0 Å². The van der Waals surface area contributed by atoms with E-state index in [1.54, 1.807) is 6.07 Å². The van der Waals surface area contributed by atoms with Crippen molar-refractivity contribution in [3.8, 4) is 11.8 Å². The average Bonchev–Trinajstić information content (AvgIpc) is 3.17. The molecule has 1 unspecified atom stereocenters. The molecule has 182 valence electrons. The minimum atomic E-state index is -3.17. The minimum absolute atomic E-state index is 0.0264. The average molecular weight is 488 g/mol. The molecule has 0 spiro atoms. The number of nitrogens with one attached hydrogen (secondary N) is 3. The van der Waals surface area contributed by atoms with Gasteiger partial charge < -0.3 is 25.6 Å². The van der Waals surface area contributed by atoms with Crippen LogP contribution in [0.2, 0.25) is 0 Å². The van der Waals surface area contributed by atoms with E-state index in [9.17, 15) is 27.6 Å². The summed E-state index contributed by atoms with van der Waals surface area (Å²) >= 11 is 0. The summed E-state index contributed by atoms with van der Waals surface area (Å²) in [5.41, 5.74) is 0.393. The maximum Gasteiger partial charge on any atom is 0.268 e. The fourth-order valence-electron chi connectivity index (χ4n) is 3.74. The number of nitriles is 1. The number of carbonyl (C=O) groups is 3. The molecular weight excluding hydrogens is 469 g/mol. The van der Waals surface area contributed by atoms with Crippen molar-refractivity contribution in [3.05, 3.63) is 48.0 Å². The van der Waals surface area contributed by atoms with E-state index in [1.807, 2.05) is 0 Å². The Morgan fingerprint density at radius 3 is 2.89 bits per heavy atom. The number of halogens is 3. The van der Waals surface area contributed by atoms with Gasteiger partial charge in [0.1, 0.15) is 17.6 Å². The zero-order chi connectivity index (χ0) is 25.2. The van der Waals surface area contributed by atoms with E-state index in [0.717, 1.165) is 4.90 Å². The van der Waals surface area contributed by atoms with Gasteiger partial charge in [-0.05, 0) is 18.2 Å². The maximum absolute atomic E-state index is 13.6. The van der Waals surface area contributed by atoms with E-state index >= 15 is 0 Å². The van der Waals surface area contributed by atoms with Gasteiger partial charge in [-0.2, -0.15) is 5.26 Å². The molecule has 2 atom stereocenters. The van der Waals surface area contributed by atoms with Gasteiger partial charge in [0.25, 0.3) is 17.7 Å². The number of hydrogen-bond donors (Lipinski definition) is 3. The summed E-state index contributed by atoms with van der Waals surface area (Å²) in [5.74, 6) is -5.57. The van der Waals surface area contributed by atoms with Gasteiger partial charge in [-0.15, -0.1) is 0 Å². The van der Waals surface area contributed by atoms with E-state index in [4.69, 9.17) is 10.00 Å². The van der Waals surface area contributed by atoms with Gasteiger partial charge in [-0.1, -0.05) is 0 Å². The lowest BCUT2D eigenvalue weighted by atomic mass is 10.2. The molecular formula is C22H19F3N6O4. The van der Waals surface area contributed by atoms with Gasteiger partial charge in [0.2, 0.25) is 5.91 Å². The van der Waals surface area contributed by atoms with Crippen LogP contribution < -0.4 is 20.7 Å². The number of ether oxygens (including phenoxy) is 1. The molecule has 35 heavy (non-hydrogen) atoms. The number of hydrogen-bond acceptors (Lipinski definition) is 7. The summed E-state index contributed by atoms with van der Waals surface area (Å²) in [5, 5.41) is 16.8. The molecule has 1 aromatic carbocycles. The number of fused-ring (bicyclic) bond motifs is 1. The van der Waals surface area contributed by atoms with Gasteiger partial charge in [0.05, 0.1) is 48.8 Å². The Labute approximate surface area is 197 Å². The first-order valence-electron chi connectivity index (χ1n) is 10.5. The van der Waals surface area contributed by atoms with Crippen molar-refractivity contribution < 1.29 is 32.3 Å². The largest absolute Gasteiger partial charge is 0.477 e. The Hall–Kier alpha value is -4.34. The van der Waals surface area contributed by atoms with Crippen molar-refractivity contribution in [2.75, 3.05) is 30.3 Å². The van der Waals surface area contributed by atoms with Crippen LogP contribution >= 0.6 is 0 Å². The van der Waals surface area contributed by atoms with E-state index in [-0.39, 0.29) is 23.5 Å². The molecule has 2 aliphatic heterocycles. The molecule has 3 heterocycles. The summed E-state index contributed by atoms with van der Waals surface area (Å²) in [6, 6.07) is 5.48. The number of alkyl halides is 2. The predicted molar refractivity (Wildman–Crippen MR) is 115 cm³/mol. The number of anilines is 2. The molecule has 0 radical (unpaired) electrons. The Kier molecular flexibility index (Phi) is 6.46. The Bertz CT molecular complexity index is 1220. The second-order valence-corrected chi connectivity index (χ2v) is 7.95. The van der Waals surface area contributed by atoms with Crippen LogP contribution in [0.3, 0.4) is 0 Å². The highest BCUT2D eigenvalue weighted by Gasteiger charge is 2.47. The highest BCUT2D eigenvalue weighted by atomic mass is 19.3. The number of pyridine rings is 1. The van der Waals surface area contributed by atoms with Crippen LogP contribution in [-0.4, -0.2) is 65.3 Å². The maximum atomic E-state index is 13.6. The highest BCUT2D eigenvalue weighted by Crippen LogP contribution is 2.32. The smallest absolute Gasteiger partial charge is 0.268 e. The van der Waals surface area contributed by atoms with Crippen molar-refractivity contribution in [2.24, 2.45) is 0 Å². The number of rotatable bonds is 5. The number of aromatic nitrogens is 1. The van der Waals surface area contributed by atoms with E-state index in [1.165, 1.54) is 36.7 Å². The summed E-state index contributed by atoms with van der Waals surface area (Å²) in [6.45, 7) is -1.48. The van der Waals surface area contributed by atoms with E-state index in [2.05, 4.69) is 20.9 Å². The first kappa shape index (κ1) is 23.8. The standard InChI is InChI=1S/C22H19F3N6O4/c23-12-1-2-17-15(5-12)28-9-18(35-17)21(34)30-16-8-27-4-3-14(16)20(33)29-10-19(32)31-11-22(24,25)6-13(31)7-26/h1-5,8,13,18,28H,6,9-11H2,(H,29,33)(H,30,34)/t13-,18?/m0/s1. The molecule has 2 aromatic rings. The third-order valence-corrected chi connectivity index (χ3v) is 5.44. The molecule has 10 nitrogen and oxygen atoms in total. The quantitative estimate of drug-likeness (QED) is 0.581. The molecule has 3 N–H and O–H groups in total. The van der Waals surface area contributed by atoms with Crippen molar-refractivity contribution in [3.63, 3.8) is 0 Å². The lowest BCUT2D eigenvalue weighted by Crippen LogP contribution is -2.43. The van der Waals surface area contributed by atoms with Crippen LogP contribution in [0.15, 0.2) is 36.7 Å². The first-order chi connectivity index (χ1) is 16.7. The molecule has 1 fully saturated rings. The lowest BCUT2D eigenvalue weighted by Gasteiger charge is -2.26. The van der Waals surface area contributed by atoms with Crippen molar-refractivity contribution >= 4 is 29.1 Å². The van der Waals surface area contributed by atoms with Crippen LogP contribution in [0.1, 0.15) is 16.8 Å². The monoisotopic (exact) mass is 488 g/mol. The van der Waals surface area contributed by atoms with Crippen molar-refractivity contribution in [2.45, 2.75) is 24.5 Å². The second-order valence-electron chi connectivity index (χ2n) is 7.95. The number of likely N-dealkylation sites (tertiary alicyclic amines) is 1. The third-order valence-electron chi connectivity index (χ3n) is 5.44. The Morgan fingerprint density at radius 1 is 1.31 bits per heavy atom. The second kappa shape index (κ2) is 9.49. The fraction of sp³-hybridized carbons (Fsp3) is 0.318. The Balaban J connectivity index is 1.38. The van der Waals surface area contributed by atoms with Gasteiger partial charge in [-0.25, -0.2) is 13.2 Å². The van der Waals surface area contributed by atoms with Gasteiger partial charge >= 0.3 is 0 Å². The molecule has 1 saturated heterocycles. The molecule has 4 rings (SSSR count).